The molecule has 17 heavy (non-hydrogen) atoms. The molecule has 0 saturated carbocycles. The highest BCUT2D eigenvalue weighted by atomic mass is 16.4. The fraction of sp³-hybridized carbons (Fsp3) is 0.0769. The highest BCUT2D eigenvalue weighted by molar-refractivity contribution is 5.88. The molecule has 0 unspecified atom stereocenters. The number of carbonyl (C=O) groups is 1. The molecule has 0 bridgehead atoms. The molecule has 1 aromatic carbocycles. The Hall–Kier alpha value is -2.36. The van der Waals surface area contributed by atoms with Gasteiger partial charge in [-0.2, -0.15) is 0 Å². The minimum atomic E-state index is -1.22. The summed E-state index contributed by atoms with van der Waals surface area (Å²) in [6.45, 7) is 1.92. The van der Waals surface area contributed by atoms with E-state index in [1.807, 2.05) is 25.1 Å². The molecule has 2 rings (SSSR count). The van der Waals surface area contributed by atoms with Crippen molar-refractivity contribution in [1.82, 2.24) is 4.98 Å². The minimum absolute atomic E-state index is 0.246. The summed E-state index contributed by atoms with van der Waals surface area (Å²) in [6, 6.07) is 7.37. The van der Waals surface area contributed by atoms with E-state index in [9.17, 15) is 9.59 Å². The topological polar surface area (TPSA) is 70.2 Å². The van der Waals surface area contributed by atoms with Gasteiger partial charge in [0.2, 0.25) is 5.43 Å². The van der Waals surface area contributed by atoms with Crippen LogP contribution in [0.15, 0.2) is 41.5 Å². The maximum Gasteiger partial charge on any atom is 0.341 e. The van der Waals surface area contributed by atoms with Crippen LogP contribution < -0.4 is 5.43 Å². The van der Waals surface area contributed by atoms with Gasteiger partial charge in [0.25, 0.3) is 0 Å². The van der Waals surface area contributed by atoms with Gasteiger partial charge in [0.1, 0.15) is 5.56 Å². The highest BCUT2D eigenvalue weighted by Crippen LogP contribution is 2.16. The van der Waals surface area contributed by atoms with E-state index in [2.05, 4.69) is 4.98 Å². The number of benzene rings is 1. The molecule has 0 atom stereocenters. The van der Waals surface area contributed by atoms with Crippen molar-refractivity contribution in [3.63, 3.8) is 0 Å². The van der Waals surface area contributed by atoms with E-state index in [-0.39, 0.29) is 5.56 Å². The number of hydrogen-bond donors (Lipinski definition) is 2. The molecule has 0 spiro atoms. The molecule has 0 aliphatic heterocycles. The van der Waals surface area contributed by atoms with Gasteiger partial charge in [-0.1, -0.05) is 29.8 Å². The number of aromatic amines is 1. The first kappa shape index (κ1) is 11.1. The summed E-state index contributed by atoms with van der Waals surface area (Å²) in [5, 5.41) is 8.87. The Morgan fingerprint density at radius 2 is 2.06 bits per heavy atom. The van der Waals surface area contributed by atoms with Gasteiger partial charge in [0.15, 0.2) is 0 Å². The average molecular weight is 229 g/mol. The van der Waals surface area contributed by atoms with Crippen LogP contribution in [-0.4, -0.2) is 16.1 Å². The lowest BCUT2D eigenvalue weighted by molar-refractivity contribution is 0.0695. The number of aryl methyl sites for hydroxylation is 1. The number of aromatic nitrogens is 1. The minimum Gasteiger partial charge on any atom is -0.477 e. The number of pyridine rings is 1. The molecule has 0 amide bonds. The van der Waals surface area contributed by atoms with Crippen molar-refractivity contribution in [3.8, 4) is 11.1 Å². The standard InChI is InChI=1S/C13H11NO3/c1-8-3-2-4-9(5-8)10-6-14-7-11(12(10)15)13(16)17/h2-7H,1H3,(H,14,15)(H,16,17). The zero-order chi connectivity index (χ0) is 12.4. The van der Waals surface area contributed by atoms with Crippen LogP contribution >= 0.6 is 0 Å². The van der Waals surface area contributed by atoms with E-state index in [1.165, 1.54) is 12.4 Å². The summed E-state index contributed by atoms with van der Waals surface area (Å²) in [7, 11) is 0. The van der Waals surface area contributed by atoms with Gasteiger partial charge in [-0.05, 0) is 12.5 Å². The number of rotatable bonds is 2. The van der Waals surface area contributed by atoms with E-state index in [0.29, 0.717) is 11.1 Å². The summed E-state index contributed by atoms with van der Waals surface area (Å²) in [6.07, 6.45) is 2.72. The second kappa shape index (κ2) is 4.25. The van der Waals surface area contributed by atoms with Gasteiger partial charge in [0, 0.05) is 18.0 Å². The maximum absolute atomic E-state index is 11.9. The molecule has 1 heterocycles. The molecule has 2 aromatic rings. The van der Waals surface area contributed by atoms with E-state index >= 15 is 0 Å². The molecular formula is C13H11NO3. The Morgan fingerprint density at radius 1 is 1.29 bits per heavy atom. The molecule has 4 nitrogen and oxygen atoms in total. The van der Waals surface area contributed by atoms with Crippen LogP contribution in [0.4, 0.5) is 0 Å². The lowest BCUT2D eigenvalue weighted by Gasteiger charge is -2.03. The third kappa shape index (κ3) is 2.10. The van der Waals surface area contributed by atoms with Crippen molar-refractivity contribution in [2.24, 2.45) is 0 Å². The van der Waals surface area contributed by atoms with Crippen molar-refractivity contribution in [2.75, 3.05) is 0 Å². The summed E-state index contributed by atoms with van der Waals surface area (Å²) >= 11 is 0. The van der Waals surface area contributed by atoms with Gasteiger partial charge >= 0.3 is 5.97 Å². The normalized spacial score (nSPS) is 10.2. The Labute approximate surface area is 97.6 Å². The molecule has 86 valence electrons. The predicted molar refractivity (Wildman–Crippen MR) is 64.2 cm³/mol. The summed E-state index contributed by atoms with van der Waals surface area (Å²) < 4.78 is 0. The number of H-pyrrole nitrogens is 1. The van der Waals surface area contributed by atoms with Gasteiger partial charge in [-0.25, -0.2) is 4.79 Å². The van der Waals surface area contributed by atoms with E-state index < -0.39 is 11.4 Å². The van der Waals surface area contributed by atoms with Gasteiger partial charge < -0.3 is 10.1 Å². The summed E-state index contributed by atoms with van der Waals surface area (Å²) in [5.74, 6) is -1.22. The number of carboxylic acids is 1. The fourth-order valence-corrected chi connectivity index (χ4v) is 1.67. The lowest BCUT2D eigenvalue weighted by atomic mass is 10.0. The van der Waals surface area contributed by atoms with Crippen molar-refractivity contribution in [3.05, 3.63) is 58.0 Å². The van der Waals surface area contributed by atoms with Crippen molar-refractivity contribution < 1.29 is 9.90 Å². The molecule has 1 aromatic heterocycles. The van der Waals surface area contributed by atoms with Gasteiger partial charge in [-0.15, -0.1) is 0 Å². The molecule has 0 saturated heterocycles. The van der Waals surface area contributed by atoms with Crippen molar-refractivity contribution >= 4 is 5.97 Å². The molecule has 0 aliphatic carbocycles. The van der Waals surface area contributed by atoms with Crippen LogP contribution in [-0.2, 0) is 0 Å². The van der Waals surface area contributed by atoms with Crippen LogP contribution in [0, 0.1) is 6.92 Å². The van der Waals surface area contributed by atoms with Gasteiger partial charge in [0.05, 0.1) is 0 Å². The zero-order valence-corrected chi connectivity index (χ0v) is 9.23. The number of carboxylic acid groups (broad SMARTS) is 1. The SMILES string of the molecule is Cc1cccc(-c2c[nH]cc(C(=O)O)c2=O)c1. The Morgan fingerprint density at radius 3 is 2.71 bits per heavy atom. The second-order valence-corrected chi connectivity index (χ2v) is 3.79. The molecule has 4 heteroatoms. The average Bonchev–Trinajstić information content (AvgIpc) is 2.29. The third-order valence-corrected chi connectivity index (χ3v) is 2.50. The van der Waals surface area contributed by atoms with Gasteiger partial charge in [-0.3, -0.25) is 4.79 Å². The molecular weight excluding hydrogens is 218 g/mol. The largest absolute Gasteiger partial charge is 0.477 e. The van der Waals surface area contributed by atoms with Crippen LogP contribution in [0.3, 0.4) is 0 Å². The maximum atomic E-state index is 11.9. The summed E-state index contributed by atoms with van der Waals surface area (Å²) in [4.78, 5) is 25.5. The van der Waals surface area contributed by atoms with Crippen LogP contribution in [0.5, 0.6) is 0 Å². The first-order chi connectivity index (χ1) is 8.09. The second-order valence-electron chi connectivity index (χ2n) is 3.79. The monoisotopic (exact) mass is 229 g/mol. The third-order valence-electron chi connectivity index (χ3n) is 2.50. The molecule has 0 fully saturated rings. The number of aromatic carboxylic acids is 1. The van der Waals surface area contributed by atoms with E-state index in [0.717, 1.165) is 5.56 Å². The van der Waals surface area contributed by atoms with Crippen molar-refractivity contribution in [2.45, 2.75) is 6.92 Å². The highest BCUT2D eigenvalue weighted by Gasteiger charge is 2.12. The Kier molecular flexibility index (Phi) is 2.78. The quantitative estimate of drug-likeness (QED) is 0.827. The van der Waals surface area contributed by atoms with Crippen LogP contribution in [0.2, 0.25) is 0 Å². The molecule has 0 radical (unpaired) electrons. The Bertz CT molecular complexity index is 629. The lowest BCUT2D eigenvalue weighted by Crippen LogP contribution is -2.16. The smallest absolute Gasteiger partial charge is 0.341 e. The van der Waals surface area contributed by atoms with E-state index in [1.54, 1.807) is 6.07 Å². The first-order valence-electron chi connectivity index (χ1n) is 5.11. The number of hydrogen-bond acceptors (Lipinski definition) is 2. The van der Waals surface area contributed by atoms with Crippen LogP contribution in [0.25, 0.3) is 11.1 Å². The molecule has 2 N–H and O–H groups in total. The first-order valence-corrected chi connectivity index (χ1v) is 5.11. The fourth-order valence-electron chi connectivity index (χ4n) is 1.67. The molecule has 0 aliphatic rings. The summed E-state index contributed by atoms with van der Waals surface area (Å²) in [5.41, 5.74) is 1.39. The zero-order valence-electron chi connectivity index (χ0n) is 9.23. The number of nitrogens with one attached hydrogen (secondary N) is 1. The Balaban J connectivity index is 2.65. The van der Waals surface area contributed by atoms with Crippen LogP contribution in [0.1, 0.15) is 15.9 Å². The predicted octanol–water partition coefficient (Wildman–Crippen LogP) is 2.05. The van der Waals surface area contributed by atoms with Crippen molar-refractivity contribution in [1.29, 1.82) is 0 Å². The van der Waals surface area contributed by atoms with E-state index in [4.69, 9.17) is 5.11 Å².